The Labute approximate surface area is 97.8 Å². The van der Waals surface area contributed by atoms with Gasteiger partial charge in [-0.1, -0.05) is 25.4 Å². The normalized spacial score (nSPS) is 11.9. The van der Waals surface area contributed by atoms with Gasteiger partial charge in [0.05, 0.1) is 11.9 Å². The van der Waals surface area contributed by atoms with Crippen molar-refractivity contribution in [1.82, 2.24) is 0 Å². The third kappa shape index (κ3) is 3.65. The summed E-state index contributed by atoms with van der Waals surface area (Å²) < 4.78 is 55.7. The van der Waals surface area contributed by atoms with E-state index in [1.54, 1.807) is 0 Å². The van der Waals surface area contributed by atoms with E-state index in [4.69, 9.17) is 4.74 Å². The summed E-state index contributed by atoms with van der Waals surface area (Å²) in [4.78, 5) is 0. The Morgan fingerprint density at radius 2 is 1.76 bits per heavy atom. The zero-order chi connectivity index (χ0) is 13.1. The molecule has 0 radical (unpaired) electrons. The van der Waals surface area contributed by atoms with Gasteiger partial charge in [0.2, 0.25) is 0 Å². The maximum Gasteiger partial charge on any atom is 0.512 e. The van der Waals surface area contributed by atoms with Gasteiger partial charge in [-0.15, -0.1) is 0 Å². The van der Waals surface area contributed by atoms with Gasteiger partial charge in [-0.3, -0.25) is 0 Å². The molecule has 0 bridgehead atoms. The Hall–Kier alpha value is -1.20. The smallest absolute Gasteiger partial charge is 0.490 e. The third-order valence-corrected chi connectivity index (χ3v) is 2.54. The fourth-order valence-corrected chi connectivity index (χ4v) is 1.49. The minimum absolute atomic E-state index is 0.100. The SMILES string of the molecule is CCC(CC)Oc1ccc([B-](F)(F)F)c(F)c1. The largest absolute Gasteiger partial charge is 0.512 e. The van der Waals surface area contributed by atoms with Crippen molar-refractivity contribution in [3.63, 3.8) is 0 Å². The average Bonchev–Trinajstić information content (AvgIpc) is 2.24. The highest BCUT2D eigenvalue weighted by Gasteiger charge is 2.29. The van der Waals surface area contributed by atoms with Crippen LogP contribution in [0.25, 0.3) is 0 Å². The maximum absolute atomic E-state index is 13.2. The van der Waals surface area contributed by atoms with Crippen molar-refractivity contribution in [3.05, 3.63) is 24.0 Å². The summed E-state index contributed by atoms with van der Waals surface area (Å²) in [5, 5.41) is 0. The molecule has 1 rings (SSSR count). The van der Waals surface area contributed by atoms with Crippen LogP contribution in [-0.4, -0.2) is 13.1 Å². The summed E-state index contributed by atoms with van der Waals surface area (Å²) in [5.74, 6) is -1.14. The van der Waals surface area contributed by atoms with E-state index in [-0.39, 0.29) is 11.9 Å². The van der Waals surface area contributed by atoms with Crippen LogP contribution in [-0.2, 0) is 0 Å². The van der Waals surface area contributed by atoms with Crippen molar-refractivity contribution in [2.75, 3.05) is 0 Å². The second kappa shape index (κ2) is 5.43. The van der Waals surface area contributed by atoms with Gasteiger partial charge in [-0.05, 0) is 18.9 Å². The van der Waals surface area contributed by atoms with Crippen LogP contribution in [0.2, 0.25) is 0 Å². The highest BCUT2D eigenvalue weighted by Crippen LogP contribution is 2.19. The molecule has 96 valence electrons. The van der Waals surface area contributed by atoms with Crippen LogP contribution in [0.3, 0.4) is 0 Å². The summed E-state index contributed by atoms with van der Waals surface area (Å²) in [6.07, 6.45) is 1.35. The topological polar surface area (TPSA) is 9.23 Å². The molecule has 1 aromatic carbocycles. The van der Waals surface area contributed by atoms with Gasteiger partial charge in [-0.25, -0.2) is 4.39 Å². The molecular formula is C11H14BF4O-. The summed E-state index contributed by atoms with van der Waals surface area (Å²) in [6.45, 7) is -1.51. The van der Waals surface area contributed by atoms with Gasteiger partial charge in [0.25, 0.3) is 0 Å². The summed E-state index contributed by atoms with van der Waals surface area (Å²) in [7, 11) is 0. The lowest BCUT2D eigenvalue weighted by Crippen LogP contribution is -2.36. The van der Waals surface area contributed by atoms with Crippen LogP contribution in [0.4, 0.5) is 17.3 Å². The van der Waals surface area contributed by atoms with Gasteiger partial charge in [0, 0.05) is 6.07 Å². The molecule has 0 atom stereocenters. The van der Waals surface area contributed by atoms with Crippen LogP contribution < -0.4 is 10.2 Å². The van der Waals surface area contributed by atoms with E-state index < -0.39 is 18.3 Å². The highest BCUT2D eigenvalue weighted by molar-refractivity contribution is 6.73. The quantitative estimate of drug-likeness (QED) is 0.573. The first-order valence-corrected chi connectivity index (χ1v) is 5.54. The van der Waals surface area contributed by atoms with E-state index >= 15 is 0 Å². The Morgan fingerprint density at radius 1 is 1.18 bits per heavy atom. The van der Waals surface area contributed by atoms with E-state index in [1.165, 1.54) is 0 Å². The molecule has 0 N–H and O–H groups in total. The average molecular weight is 249 g/mol. The number of ether oxygens (including phenoxy) is 1. The van der Waals surface area contributed by atoms with E-state index in [9.17, 15) is 17.3 Å². The molecule has 0 fully saturated rings. The maximum atomic E-state index is 13.2. The lowest BCUT2D eigenvalue weighted by atomic mass is 9.80. The molecule has 1 aromatic rings. The second-order valence-electron chi connectivity index (χ2n) is 3.81. The van der Waals surface area contributed by atoms with Gasteiger partial charge >= 0.3 is 6.98 Å². The molecule has 0 heterocycles. The van der Waals surface area contributed by atoms with Crippen LogP contribution in [0.1, 0.15) is 26.7 Å². The first kappa shape index (κ1) is 13.9. The number of hydrogen-bond donors (Lipinski definition) is 0. The van der Waals surface area contributed by atoms with Gasteiger partial charge in [-0.2, -0.15) is 0 Å². The molecular weight excluding hydrogens is 235 g/mol. The molecule has 0 saturated heterocycles. The predicted molar refractivity (Wildman–Crippen MR) is 60.1 cm³/mol. The Kier molecular flexibility index (Phi) is 4.43. The molecule has 17 heavy (non-hydrogen) atoms. The lowest BCUT2D eigenvalue weighted by molar-refractivity contribution is 0.192. The molecule has 0 amide bonds. The fraction of sp³-hybridized carbons (Fsp3) is 0.455. The molecule has 0 aliphatic rings. The molecule has 0 aliphatic heterocycles. The molecule has 0 aliphatic carbocycles. The fourth-order valence-electron chi connectivity index (χ4n) is 1.49. The molecule has 0 spiro atoms. The van der Waals surface area contributed by atoms with Crippen molar-refractivity contribution in [3.8, 4) is 5.75 Å². The Bertz CT molecular complexity index is 374. The molecule has 1 nitrogen and oxygen atoms in total. The first-order chi connectivity index (χ1) is 7.88. The minimum atomic E-state index is -5.31. The summed E-state index contributed by atoms with van der Waals surface area (Å²) >= 11 is 0. The van der Waals surface area contributed by atoms with E-state index in [2.05, 4.69) is 0 Å². The Balaban J connectivity index is 2.89. The number of hydrogen-bond acceptors (Lipinski definition) is 1. The zero-order valence-electron chi connectivity index (χ0n) is 9.72. The van der Waals surface area contributed by atoms with Crippen LogP contribution in [0.5, 0.6) is 5.75 Å². The number of halogens is 4. The molecule has 0 unspecified atom stereocenters. The van der Waals surface area contributed by atoms with Crippen molar-refractivity contribution >= 4 is 12.4 Å². The van der Waals surface area contributed by atoms with E-state index in [0.717, 1.165) is 31.0 Å². The van der Waals surface area contributed by atoms with Gasteiger partial charge in [0.1, 0.15) is 5.75 Å². The van der Waals surface area contributed by atoms with Crippen molar-refractivity contribution in [2.24, 2.45) is 0 Å². The Morgan fingerprint density at radius 3 is 2.18 bits per heavy atom. The number of rotatable bonds is 5. The summed E-state index contributed by atoms with van der Waals surface area (Å²) in [6, 6.07) is 2.68. The van der Waals surface area contributed by atoms with Crippen molar-refractivity contribution in [2.45, 2.75) is 32.8 Å². The monoisotopic (exact) mass is 249 g/mol. The molecule has 6 heteroatoms. The van der Waals surface area contributed by atoms with E-state index in [1.807, 2.05) is 13.8 Å². The van der Waals surface area contributed by atoms with Gasteiger partial charge < -0.3 is 17.7 Å². The highest BCUT2D eigenvalue weighted by atomic mass is 19.4. The van der Waals surface area contributed by atoms with Crippen LogP contribution in [0, 0.1) is 5.82 Å². The van der Waals surface area contributed by atoms with Crippen LogP contribution >= 0.6 is 0 Å². The molecule has 0 saturated carbocycles. The first-order valence-electron chi connectivity index (χ1n) is 5.54. The molecule has 0 aromatic heterocycles. The summed E-state index contributed by atoms with van der Waals surface area (Å²) in [5.41, 5.74) is -1.21. The van der Waals surface area contributed by atoms with Gasteiger partial charge in [0.15, 0.2) is 0 Å². The third-order valence-electron chi connectivity index (χ3n) is 2.54. The predicted octanol–water partition coefficient (Wildman–Crippen LogP) is 3.45. The van der Waals surface area contributed by atoms with Crippen molar-refractivity contribution < 1.29 is 22.1 Å². The van der Waals surface area contributed by atoms with Crippen molar-refractivity contribution in [1.29, 1.82) is 0 Å². The lowest BCUT2D eigenvalue weighted by Gasteiger charge is -2.19. The van der Waals surface area contributed by atoms with Crippen LogP contribution in [0.15, 0.2) is 18.2 Å². The second-order valence-corrected chi connectivity index (χ2v) is 3.81. The minimum Gasteiger partial charge on any atom is -0.490 e. The zero-order valence-corrected chi connectivity index (χ0v) is 9.72. The van der Waals surface area contributed by atoms with E-state index in [0.29, 0.717) is 0 Å². The standard InChI is InChI=1S/C11H14BF4O/c1-3-8(4-2)17-9-5-6-10(11(13)7-9)12(14,15)16/h5-8H,3-4H2,1-2H3/q-1. The number of benzene rings is 1.